The number of carboxylic acids is 1. The number of aliphatic hydroxyl groups is 1. The maximum Gasteiger partial charge on any atom is 0.320 e. The predicted octanol–water partition coefficient (Wildman–Crippen LogP) is 0.138. The van der Waals surface area contributed by atoms with Crippen molar-refractivity contribution in [1.82, 2.24) is 0 Å². The number of hydrogen-bond acceptors (Lipinski definition) is 7. The van der Waals surface area contributed by atoms with E-state index < -0.39 is 12.0 Å². The van der Waals surface area contributed by atoms with Gasteiger partial charge >= 0.3 is 5.97 Å². The molecule has 2 atom stereocenters. The van der Waals surface area contributed by atoms with Gasteiger partial charge in [0.05, 0.1) is 6.61 Å². The van der Waals surface area contributed by atoms with Gasteiger partial charge in [0.2, 0.25) is 0 Å². The Morgan fingerprint density at radius 3 is 2.53 bits per heavy atom. The molecular formula is C7H16N2O3S3. The Labute approximate surface area is 101 Å². The molecule has 0 amide bonds. The van der Waals surface area contributed by atoms with Gasteiger partial charge in [-0.2, -0.15) is 0 Å². The summed E-state index contributed by atoms with van der Waals surface area (Å²) in [6.45, 7) is -0.0118. The predicted molar refractivity (Wildman–Crippen MR) is 67.8 cm³/mol. The number of aliphatic hydroxyl groups excluding tert-OH is 1. The number of hydrogen-bond donors (Lipinski definition) is 4. The van der Waals surface area contributed by atoms with Gasteiger partial charge < -0.3 is 21.7 Å². The van der Waals surface area contributed by atoms with Gasteiger partial charge in [-0.25, -0.2) is 0 Å². The van der Waals surface area contributed by atoms with Crippen LogP contribution < -0.4 is 11.5 Å². The first kappa shape index (κ1) is 15.4. The lowest BCUT2D eigenvalue weighted by molar-refractivity contribution is -0.138. The average molecular weight is 272 g/mol. The highest BCUT2D eigenvalue weighted by Gasteiger charge is 2.10. The summed E-state index contributed by atoms with van der Waals surface area (Å²) in [6.07, 6.45) is 0.458. The van der Waals surface area contributed by atoms with Gasteiger partial charge in [-0.05, 0) is 16.2 Å². The van der Waals surface area contributed by atoms with E-state index in [0.717, 1.165) is 0 Å². The topological polar surface area (TPSA) is 110 Å². The fraction of sp³-hybridized carbons (Fsp3) is 0.857. The van der Waals surface area contributed by atoms with Gasteiger partial charge in [0.25, 0.3) is 0 Å². The normalized spacial score (nSPS) is 14.9. The van der Waals surface area contributed by atoms with Crippen LogP contribution >= 0.6 is 31.4 Å². The minimum Gasteiger partial charge on any atom is -0.480 e. The molecule has 0 aliphatic heterocycles. The van der Waals surface area contributed by atoms with E-state index in [1.54, 1.807) is 31.4 Å². The molecule has 90 valence electrons. The van der Waals surface area contributed by atoms with Crippen LogP contribution in [0.1, 0.15) is 6.42 Å². The molecule has 15 heavy (non-hydrogen) atoms. The van der Waals surface area contributed by atoms with E-state index in [9.17, 15) is 4.79 Å². The third kappa shape index (κ3) is 9.34. The third-order valence-electron chi connectivity index (χ3n) is 1.44. The maximum absolute atomic E-state index is 10.4. The molecule has 0 fully saturated rings. The molecule has 0 aliphatic carbocycles. The molecule has 0 spiro atoms. The van der Waals surface area contributed by atoms with Crippen molar-refractivity contribution in [3.05, 3.63) is 0 Å². The third-order valence-corrected chi connectivity index (χ3v) is 5.82. The highest BCUT2D eigenvalue weighted by atomic mass is 33.5. The van der Waals surface area contributed by atoms with E-state index in [1.165, 1.54) is 0 Å². The molecule has 5 nitrogen and oxygen atoms in total. The van der Waals surface area contributed by atoms with E-state index in [4.69, 9.17) is 21.7 Å². The second-order valence-corrected chi connectivity index (χ2v) is 7.25. The number of nitrogens with two attached hydrogens (primary N) is 2. The molecule has 0 aromatic carbocycles. The second-order valence-electron chi connectivity index (χ2n) is 2.85. The van der Waals surface area contributed by atoms with Crippen LogP contribution in [0.25, 0.3) is 0 Å². The lowest BCUT2D eigenvalue weighted by atomic mass is 10.2. The largest absolute Gasteiger partial charge is 0.480 e. The van der Waals surface area contributed by atoms with Crippen LogP contribution in [-0.4, -0.2) is 46.4 Å². The molecule has 8 heteroatoms. The number of carbonyl (C=O) groups is 1. The summed E-state index contributed by atoms with van der Waals surface area (Å²) < 4.78 is 0. The molecule has 0 saturated carbocycles. The summed E-state index contributed by atoms with van der Waals surface area (Å²) in [4.78, 5) is 10.4. The Morgan fingerprint density at radius 2 is 2.00 bits per heavy atom. The number of aliphatic carboxylic acids is 1. The zero-order chi connectivity index (χ0) is 11.7. The number of carboxylic acid groups (broad SMARTS) is 1. The van der Waals surface area contributed by atoms with Crippen molar-refractivity contribution < 1.29 is 15.0 Å². The second kappa shape index (κ2) is 9.61. The summed E-state index contributed by atoms with van der Waals surface area (Å²) >= 11 is 0. The molecule has 6 N–H and O–H groups in total. The molecule has 0 aromatic rings. The van der Waals surface area contributed by atoms with Gasteiger partial charge in [0.1, 0.15) is 6.04 Å². The summed E-state index contributed by atoms with van der Waals surface area (Å²) in [5.74, 6) is 0.411. The van der Waals surface area contributed by atoms with Crippen molar-refractivity contribution in [2.24, 2.45) is 11.5 Å². The average Bonchev–Trinajstić information content (AvgIpc) is 2.22. The Bertz CT molecular complexity index is 185. The Balaban J connectivity index is 3.21. The molecule has 0 aromatic heterocycles. The first-order valence-electron chi connectivity index (χ1n) is 4.33. The Morgan fingerprint density at radius 1 is 1.33 bits per heavy atom. The lowest BCUT2D eigenvalue weighted by Gasteiger charge is -2.07. The fourth-order valence-corrected chi connectivity index (χ4v) is 4.47. The van der Waals surface area contributed by atoms with E-state index in [2.05, 4.69) is 0 Å². The molecule has 1 unspecified atom stereocenters. The van der Waals surface area contributed by atoms with Gasteiger partial charge in [0, 0.05) is 17.5 Å². The molecule has 0 radical (unpaired) electrons. The monoisotopic (exact) mass is 272 g/mol. The quantitative estimate of drug-likeness (QED) is 0.346. The van der Waals surface area contributed by atoms with Crippen LogP contribution in [0.3, 0.4) is 0 Å². The van der Waals surface area contributed by atoms with Gasteiger partial charge in [0.15, 0.2) is 0 Å². The summed E-state index contributed by atoms with van der Waals surface area (Å²) in [5.41, 5.74) is 10.8. The van der Waals surface area contributed by atoms with Crippen molar-refractivity contribution >= 4 is 37.4 Å². The minimum absolute atomic E-state index is 0.0118. The first-order valence-corrected chi connectivity index (χ1v) is 8.16. The molecule has 0 heterocycles. The SMILES string of the molecule is NC(CCSSSC[C@H](N)CO)C(=O)O. The van der Waals surface area contributed by atoms with Gasteiger partial charge in [-0.3, -0.25) is 4.79 Å². The zero-order valence-corrected chi connectivity index (χ0v) is 10.6. The highest BCUT2D eigenvalue weighted by molar-refractivity contribution is 9.09. The molecule has 0 bridgehead atoms. The minimum atomic E-state index is -0.962. The molecule has 0 aliphatic rings. The molecular weight excluding hydrogens is 256 g/mol. The van der Waals surface area contributed by atoms with E-state index in [-0.39, 0.29) is 12.6 Å². The van der Waals surface area contributed by atoms with Crippen LogP contribution in [0.5, 0.6) is 0 Å². The first-order chi connectivity index (χ1) is 7.07. The van der Waals surface area contributed by atoms with Crippen molar-refractivity contribution in [2.45, 2.75) is 18.5 Å². The maximum atomic E-state index is 10.4. The van der Waals surface area contributed by atoms with Gasteiger partial charge in [-0.1, -0.05) is 21.6 Å². The van der Waals surface area contributed by atoms with Crippen LogP contribution in [-0.2, 0) is 4.79 Å². The number of rotatable bonds is 9. The Kier molecular flexibility index (Phi) is 9.87. The van der Waals surface area contributed by atoms with Crippen molar-refractivity contribution in [2.75, 3.05) is 18.1 Å². The van der Waals surface area contributed by atoms with Crippen molar-refractivity contribution in [3.63, 3.8) is 0 Å². The van der Waals surface area contributed by atoms with Crippen molar-refractivity contribution in [3.8, 4) is 0 Å². The van der Waals surface area contributed by atoms with Crippen LogP contribution in [0.2, 0.25) is 0 Å². The molecule has 0 rings (SSSR count). The highest BCUT2D eigenvalue weighted by Crippen LogP contribution is 2.35. The summed E-state index contributed by atoms with van der Waals surface area (Å²) in [7, 11) is 4.65. The summed E-state index contributed by atoms with van der Waals surface area (Å²) in [5, 5.41) is 17.1. The molecule has 0 saturated heterocycles. The zero-order valence-electron chi connectivity index (χ0n) is 8.17. The smallest absolute Gasteiger partial charge is 0.320 e. The van der Waals surface area contributed by atoms with E-state index >= 15 is 0 Å². The van der Waals surface area contributed by atoms with E-state index in [0.29, 0.717) is 17.9 Å². The van der Waals surface area contributed by atoms with Crippen LogP contribution in [0, 0.1) is 0 Å². The van der Waals surface area contributed by atoms with Crippen LogP contribution in [0.4, 0.5) is 0 Å². The standard InChI is InChI=1S/C7H16N2O3S3/c8-5(3-10)4-14-15-13-2-1-6(9)7(11)12/h5-6,10H,1-4,8-9H2,(H,11,12)/t5-,6?/m1/s1. The Hall–Kier alpha value is 0.400. The fourth-order valence-electron chi connectivity index (χ4n) is 0.534. The van der Waals surface area contributed by atoms with E-state index in [1.807, 2.05) is 0 Å². The van der Waals surface area contributed by atoms with Crippen molar-refractivity contribution in [1.29, 1.82) is 0 Å². The van der Waals surface area contributed by atoms with Gasteiger partial charge in [-0.15, -0.1) is 0 Å². The van der Waals surface area contributed by atoms with Crippen LogP contribution in [0.15, 0.2) is 0 Å². The summed E-state index contributed by atoms with van der Waals surface area (Å²) in [6, 6.07) is -0.966. The lowest BCUT2D eigenvalue weighted by Crippen LogP contribution is -2.30.